The highest BCUT2D eigenvalue weighted by atomic mass is 32.2. The molecule has 3 amide bonds. The molecular weight excluding hydrogens is 1130 g/mol. The van der Waals surface area contributed by atoms with E-state index in [0.717, 1.165) is 74.2 Å². The van der Waals surface area contributed by atoms with E-state index in [1.807, 2.05) is 121 Å². The van der Waals surface area contributed by atoms with Crippen LogP contribution in [-0.4, -0.2) is 101 Å². The second kappa shape index (κ2) is 40.3. The number of unbranched alkanes of at least 4 members (excludes halogenated alkanes) is 6. The van der Waals surface area contributed by atoms with Crippen molar-refractivity contribution >= 4 is 112 Å². The lowest BCUT2D eigenvalue weighted by Gasteiger charge is -2.08. The number of aromatic nitrogens is 4. The van der Waals surface area contributed by atoms with Crippen molar-refractivity contribution in [3.63, 3.8) is 0 Å². The number of carboxylic acids is 1. The lowest BCUT2D eigenvalue weighted by atomic mass is 10.1. The molecule has 4 aromatic heterocycles. The summed E-state index contributed by atoms with van der Waals surface area (Å²) in [6.45, 7) is 4.53. The molecule has 87 heavy (non-hydrogen) atoms. The predicted molar refractivity (Wildman–Crippen MR) is 338 cm³/mol. The number of nitrogens with two attached hydrogens (primary N) is 2. The number of hydrogen-bond acceptors (Lipinski definition) is 17. The lowest BCUT2D eigenvalue weighted by Crippen LogP contribution is -2.16. The molecule has 0 saturated carbocycles. The highest BCUT2D eigenvalue weighted by Gasteiger charge is 2.11. The first kappa shape index (κ1) is 70.5. The smallest absolute Gasteiger partial charge is 0.333 e. The summed E-state index contributed by atoms with van der Waals surface area (Å²) in [5, 5.41) is 34.3. The highest BCUT2D eigenvalue weighted by molar-refractivity contribution is 7.84. The number of ether oxygens (including phenoxy) is 2. The van der Waals surface area contributed by atoms with Crippen molar-refractivity contribution in [2.24, 2.45) is 5.14 Å². The quantitative estimate of drug-likeness (QED) is 0.0143. The fraction of sp³-hybridized carbons (Fsp3) is 0.344. The number of amides is 3. The summed E-state index contributed by atoms with van der Waals surface area (Å²) in [7, 11) is -3.88. The predicted octanol–water partition coefficient (Wildman–Crippen LogP) is 11.0. The SMILES string of the molecule is CCOC(=O)CCCCC(=O)Nc1cccc2cccnc12.CCOC(=O)CCCCC(=O)O.NS(=O)(=O)OCCCCCC(=O)Nc1cccc2cccnc12.Nc1cccc2cccnc12.O=C(CCCCCO)Nc1cccc2cccnc12. The summed E-state index contributed by atoms with van der Waals surface area (Å²) in [6, 6.07) is 38.2. The Morgan fingerprint density at radius 2 is 0.782 bits per heavy atom. The molecule has 0 radical (unpaired) electrons. The Morgan fingerprint density at radius 1 is 0.448 bits per heavy atom. The van der Waals surface area contributed by atoms with Gasteiger partial charge in [-0.1, -0.05) is 85.6 Å². The zero-order chi connectivity index (χ0) is 63.1. The molecule has 22 nitrogen and oxygen atoms in total. The minimum Gasteiger partial charge on any atom is -0.481 e. The normalized spacial score (nSPS) is 10.6. The number of pyridine rings is 4. The molecule has 0 atom stereocenters. The molecule has 0 unspecified atom stereocenters. The Kier molecular flexibility index (Phi) is 32.6. The van der Waals surface area contributed by atoms with Crippen LogP contribution in [0.1, 0.15) is 117 Å². The lowest BCUT2D eigenvalue weighted by molar-refractivity contribution is -0.144. The number of aliphatic hydroxyl groups is 1. The van der Waals surface area contributed by atoms with E-state index in [1.54, 1.807) is 38.6 Å². The molecule has 9 N–H and O–H groups in total. The minimum atomic E-state index is -3.88. The molecule has 23 heteroatoms. The van der Waals surface area contributed by atoms with Crippen molar-refractivity contribution in [2.75, 3.05) is 48.1 Å². The first-order valence-corrected chi connectivity index (χ1v) is 30.3. The first-order chi connectivity index (χ1) is 42.0. The monoisotopic (exact) mass is 1210 g/mol. The first-order valence-electron chi connectivity index (χ1n) is 28.8. The van der Waals surface area contributed by atoms with Gasteiger partial charge in [0.05, 0.1) is 64.6 Å². The molecule has 0 aliphatic carbocycles. The molecule has 464 valence electrons. The van der Waals surface area contributed by atoms with Gasteiger partial charge in [-0.2, -0.15) is 8.42 Å². The third kappa shape index (κ3) is 28.6. The van der Waals surface area contributed by atoms with Crippen molar-refractivity contribution in [2.45, 2.75) is 117 Å². The van der Waals surface area contributed by atoms with Gasteiger partial charge < -0.3 is 41.4 Å². The van der Waals surface area contributed by atoms with Gasteiger partial charge >= 0.3 is 28.2 Å². The van der Waals surface area contributed by atoms with Gasteiger partial charge in [-0.3, -0.25) is 52.9 Å². The summed E-state index contributed by atoms with van der Waals surface area (Å²) in [5.41, 5.74) is 11.8. The number of nitrogens with one attached hydrogen (secondary N) is 3. The summed E-state index contributed by atoms with van der Waals surface area (Å²) < 4.78 is 35.1. The highest BCUT2D eigenvalue weighted by Crippen LogP contribution is 2.24. The molecule has 0 bridgehead atoms. The van der Waals surface area contributed by atoms with Crippen LogP contribution in [0.25, 0.3) is 43.6 Å². The van der Waals surface area contributed by atoms with Gasteiger partial charge in [0.25, 0.3) is 0 Å². The van der Waals surface area contributed by atoms with Crippen LogP contribution >= 0.6 is 0 Å². The van der Waals surface area contributed by atoms with E-state index in [9.17, 15) is 37.2 Å². The number of nitrogens with zero attached hydrogens (tertiary/aromatic N) is 4. The van der Waals surface area contributed by atoms with Gasteiger partial charge in [-0.05, 0) is 114 Å². The maximum Gasteiger partial charge on any atom is 0.333 e. The van der Waals surface area contributed by atoms with Gasteiger partial charge in [0.1, 0.15) is 0 Å². The molecule has 0 fully saturated rings. The summed E-state index contributed by atoms with van der Waals surface area (Å²) >= 11 is 0. The average molecular weight is 1210 g/mol. The van der Waals surface area contributed by atoms with Crippen molar-refractivity contribution < 1.29 is 61.1 Å². The number of anilines is 4. The molecule has 8 aromatic rings. The third-order valence-corrected chi connectivity index (χ3v) is 12.9. The standard InChI is InChI=1S/C17H20N2O3.C15H19N3O4S.C15H18N2O2.C9H8N2.C8H14O4/c1-2-22-16(21)11-4-3-10-15(20)19-14-9-5-7-13-8-6-12-18-17(13)14;16-23(20,21)22-11-3-1-2-9-14(19)18-13-8-4-6-12-7-5-10-17-15(12)13;18-11-3-1-2-9-14(19)17-13-8-4-6-12-7-5-10-16-15(12)13;10-8-5-1-3-7-4-2-6-11-9(7)8;1-2-12-8(11)6-4-3-5-7(9)10/h5-9,12H,2-4,10-11H2,1H3,(H,19,20);4-8,10H,1-3,9,11H2,(H,18,19)(H2,16,20,21);4-8,10,18H,1-3,9,11H2,(H,17,19);1-6H,10H2;2-6H2,1H3,(H,9,10). The molecule has 0 saturated heterocycles. The van der Waals surface area contributed by atoms with Crippen LogP contribution in [0.15, 0.2) is 146 Å². The Balaban J connectivity index is 0.000000239. The second-order valence-electron chi connectivity index (χ2n) is 19.3. The molecule has 4 aromatic carbocycles. The van der Waals surface area contributed by atoms with Crippen LogP contribution in [0.3, 0.4) is 0 Å². The molecule has 4 heterocycles. The average Bonchev–Trinajstić information content (AvgIpc) is 3.02. The van der Waals surface area contributed by atoms with Crippen molar-refractivity contribution in [1.82, 2.24) is 19.9 Å². The molecule has 0 aliphatic heterocycles. The van der Waals surface area contributed by atoms with Crippen molar-refractivity contribution in [3.05, 3.63) is 146 Å². The van der Waals surface area contributed by atoms with Crippen LogP contribution in [0, 0.1) is 0 Å². The molecular formula is C64H79N9O13S. The maximum absolute atomic E-state index is 12.0. The number of fused-ring (bicyclic) bond motifs is 4. The van der Waals surface area contributed by atoms with Crippen LogP contribution < -0.4 is 26.8 Å². The Morgan fingerprint density at radius 3 is 1.15 bits per heavy atom. The fourth-order valence-electron chi connectivity index (χ4n) is 8.26. The summed E-state index contributed by atoms with van der Waals surface area (Å²) in [6.07, 6.45) is 15.6. The van der Waals surface area contributed by atoms with E-state index < -0.39 is 16.3 Å². The van der Waals surface area contributed by atoms with Gasteiger partial charge in [0, 0.05) is 91.5 Å². The number of esters is 2. The number of nitrogen functional groups attached to an aromatic ring is 1. The molecule has 0 spiro atoms. The largest absolute Gasteiger partial charge is 0.481 e. The van der Waals surface area contributed by atoms with Crippen LogP contribution in [0.2, 0.25) is 0 Å². The zero-order valence-corrected chi connectivity index (χ0v) is 50.1. The number of aliphatic carboxylic acids is 1. The topological polar surface area (TPSA) is 344 Å². The van der Waals surface area contributed by atoms with E-state index in [-0.39, 0.29) is 49.3 Å². The Bertz CT molecular complexity index is 3530. The number of hydrogen-bond donors (Lipinski definition) is 7. The third-order valence-electron chi connectivity index (χ3n) is 12.4. The van der Waals surface area contributed by atoms with Gasteiger partial charge in [0.2, 0.25) is 17.7 Å². The summed E-state index contributed by atoms with van der Waals surface area (Å²) in [5.74, 6) is -1.45. The minimum absolute atomic E-state index is 0.00362. The van der Waals surface area contributed by atoms with Crippen LogP contribution in [0.4, 0.5) is 22.7 Å². The van der Waals surface area contributed by atoms with Gasteiger partial charge in [-0.25, -0.2) is 5.14 Å². The second-order valence-corrected chi connectivity index (χ2v) is 20.5. The summed E-state index contributed by atoms with van der Waals surface area (Å²) in [4.78, 5) is 84.7. The van der Waals surface area contributed by atoms with Crippen LogP contribution in [-0.2, 0) is 52.7 Å². The van der Waals surface area contributed by atoms with Gasteiger partial charge in [-0.15, -0.1) is 0 Å². The molecule has 8 rings (SSSR count). The number of carbonyl (C=O) groups is 6. The number of aliphatic hydroxyl groups excluding tert-OH is 1. The van der Waals surface area contributed by atoms with E-state index in [1.165, 1.54) is 0 Å². The van der Waals surface area contributed by atoms with E-state index in [2.05, 4.69) is 44.8 Å². The maximum atomic E-state index is 12.0. The number of carboxylic acid groups (broad SMARTS) is 1. The number of carbonyl (C=O) groups excluding carboxylic acids is 5. The fourth-order valence-corrected chi connectivity index (χ4v) is 8.61. The Hall–Kier alpha value is -9.03. The Labute approximate surface area is 507 Å². The van der Waals surface area contributed by atoms with Crippen LogP contribution in [0.5, 0.6) is 0 Å². The number of rotatable bonds is 27. The van der Waals surface area contributed by atoms with Gasteiger partial charge in [0.15, 0.2) is 0 Å². The van der Waals surface area contributed by atoms with Crippen molar-refractivity contribution in [1.29, 1.82) is 0 Å². The van der Waals surface area contributed by atoms with Crippen molar-refractivity contribution in [3.8, 4) is 0 Å². The van der Waals surface area contributed by atoms with E-state index in [4.69, 9.17) is 25.8 Å². The number of benzene rings is 4. The molecule has 0 aliphatic rings. The zero-order valence-electron chi connectivity index (χ0n) is 49.2. The van der Waals surface area contributed by atoms with E-state index >= 15 is 0 Å². The van der Waals surface area contributed by atoms with E-state index in [0.29, 0.717) is 102 Å². The number of para-hydroxylation sites is 4.